The second kappa shape index (κ2) is 4.60. The van der Waals surface area contributed by atoms with Gasteiger partial charge in [0.05, 0.1) is 10.7 Å². The maximum absolute atomic E-state index is 5.81. The topological polar surface area (TPSA) is 42.1 Å². The van der Waals surface area contributed by atoms with Crippen molar-refractivity contribution in [3.63, 3.8) is 0 Å². The zero-order valence-electron chi connectivity index (χ0n) is 9.44. The molecule has 1 aliphatic rings. The molecule has 2 heterocycles. The van der Waals surface area contributed by atoms with Gasteiger partial charge < -0.3 is 10.6 Å². The fraction of sp³-hybridized carbons (Fsp3) is 0.727. The fourth-order valence-electron chi connectivity index (χ4n) is 1.95. The summed E-state index contributed by atoms with van der Waals surface area (Å²) in [5.41, 5.74) is 6.86. The molecule has 3 nitrogen and oxygen atoms in total. The largest absolute Gasteiger partial charge is 0.323 e. The molecule has 1 saturated heterocycles. The molecule has 1 aliphatic heterocycles. The first-order valence-corrected chi connectivity index (χ1v) is 6.44. The van der Waals surface area contributed by atoms with Crippen LogP contribution in [0.3, 0.4) is 0 Å². The molecule has 0 saturated carbocycles. The van der Waals surface area contributed by atoms with Crippen molar-refractivity contribution in [1.29, 1.82) is 0 Å². The van der Waals surface area contributed by atoms with E-state index in [2.05, 4.69) is 22.3 Å². The lowest BCUT2D eigenvalue weighted by molar-refractivity contribution is 0.255. The molecule has 15 heavy (non-hydrogen) atoms. The summed E-state index contributed by atoms with van der Waals surface area (Å²) in [5.74, 6) is 0.665. The Bertz CT molecular complexity index is 313. The highest BCUT2D eigenvalue weighted by Gasteiger charge is 2.21. The van der Waals surface area contributed by atoms with Gasteiger partial charge in [-0.05, 0) is 39.9 Å². The molecule has 1 aromatic rings. The van der Waals surface area contributed by atoms with Gasteiger partial charge in [-0.25, -0.2) is 4.98 Å². The van der Waals surface area contributed by atoms with Crippen LogP contribution in [-0.4, -0.2) is 30.0 Å². The van der Waals surface area contributed by atoms with Crippen molar-refractivity contribution >= 4 is 11.3 Å². The Morgan fingerprint density at radius 3 is 2.73 bits per heavy atom. The van der Waals surface area contributed by atoms with Gasteiger partial charge in [-0.2, -0.15) is 0 Å². The van der Waals surface area contributed by atoms with E-state index >= 15 is 0 Å². The van der Waals surface area contributed by atoms with Crippen molar-refractivity contribution in [3.8, 4) is 0 Å². The summed E-state index contributed by atoms with van der Waals surface area (Å²) in [4.78, 5) is 7.02. The Morgan fingerprint density at radius 1 is 1.53 bits per heavy atom. The summed E-state index contributed by atoms with van der Waals surface area (Å²) < 4.78 is 0. The van der Waals surface area contributed by atoms with Crippen molar-refractivity contribution in [2.45, 2.75) is 31.7 Å². The van der Waals surface area contributed by atoms with Gasteiger partial charge in [0, 0.05) is 17.3 Å². The minimum Gasteiger partial charge on any atom is -0.323 e. The third-order valence-corrected chi connectivity index (χ3v) is 4.10. The zero-order chi connectivity index (χ0) is 10.8. The Hall–Kier alpha value is -0.450. The number of nitrogens with two attached hydrogens (primary N) is 1. The minimum atomic E-state index is 0.0706. The van der Waals surface area contributed by atoms with E-state index in [1.54, 1.807) is 11.3 Å². The molecule has 1 unspecified atom stereocenters. The van der Waals surface area contributed by atoms with Crippen LogP contribution < -0.4 is 5.73 Å². The summed E-state index contributed by atoms with van der Waals surface area (Å²) in [7, 11) is 2.19. The molecule has 0 bridgehead atoms. The third kappa shape index (κ3) is 2.56. The van der Waals surface area contributed by atoms with Crippen LogP contribution in [0.1, 0.15) is 42.4 Å². The normalized spacial score (nSPS) is 21.8. The molecule has 2 rings (SSSR count). The van der Waals surface area contributed by atoms with Crippen LogP contribution in [0.2, 0.25) is 0 Å². The molecule has 4 heteroatoms. The summed E-state index contributed by atoms with van der Waals surface area (Å²) in [6.07, 6.45) is 2.48. The van der Waals surface area contributed by atoms with Gasteiger partial charge in [0.25, 0.3) is 0 Å². The molecular weight excluding hydrogens is 206 g/mol. The lowest BCUT2D eigenvalue weighted by atomic mass is 9.98. The van der Waals surface area contributed by atoms with Gasteiger partial charge in [0.2, 0.25) is 0 Å². The molecule has 1 fully saturated rings. The third-order valence-electron chi connectivity index (χ3n) is 3.07. The summed E-state index contributed by atoms with van der Waals surface area (Å²) >= 11 is 1.78. The summed E-state index contributed by atoms with van der Waals surface area (Å²) in [5, 5.41) is 3.40. The quantitative estimate of drug-likeness (QED) is 0.836. The van der Waals surface area contributed by atoms with E-state index in [0.717, 1.165) is 5.69 Å². The van der Waals surface area contributed by atoms with Crippen LogP contribution in [-0.2, 0) is 0 Å². The first kappa shape index (κ1) is 11.0. The van der Waals surface area contributed by atoms with Crippen LogP contribution >= 0.6 is 11.3 Å². The van der Waals surface area contributed by atoms with E-state index < -0.39 is 0 Å². The second-order valence-corrected chi connectivity index (χ2v) is 5.37. The van der Waals surface area contributed by atoms with E-state index in [-0.39, 0.29) is 6.04 Å². The van der Waals surface area contributed by atoms with Gasteiger partial charge >= 0.3 is 0 Å². The van der Waals surface area contributed by atoms with Gasteiger partial charge in [0.1, 0.15) is 0 Å². The average molecular weight is 225 g/mol. The van der Waals surface area contributed by atoms with Crippen molar-refractivity contribution in [3.05, 3.63) is 16.1 Å². The molecule has 2 N–H and O–H groups in total. The molecule has 0 aromatic carbocycles. The zero-order valence-corrected chi connectivity index (χ0v) is 10.3. The first-order chi connectivity index (χ1) is 7.16. The highest BCUT2D eigenvalue weighted by Crippen LogP contribution is 2.30. The molecule has 1 atom stereocenters. The van der Waals surface area contributed by atoms with E-state index in [4.69, 9.17) is 5.73 Å². The van der Waals surface area contributed by atoms with Crippen LogP contribution in [0.5, 0.6) is 0 Å². The van der Waals surface area contributed by atoms with E-state index in [1.165, 1.54) is 30.9 Å². The predicted molar refractivity (Wildman–Crippen MR) is 64.2 cm³/mol. The molecule has 84 valence electrons. The lowest BCUT2D eigenvalue weighted by Crippen LogP contribution is -2.29. The van der Waals surface area contributed by atoms with E-state index in [0.29, 0.717) is 5.92 Å². The van der Waals surface area contributed by atoms with Gasteiger partial charge in [-0.1, -0.05) is 0 Å². The predicted octanol–water partition coefficient (Wildman–Crippen LogP) is 1.97. The van der Waals surface area contributed by atoms with E-state index in [1.807, 2.05) is 6.92 Å². The summed E-state index contributed by atoms with van der Waals surface area (Å²) in [6, 6.07) is 0.0706. The smallest absolute Gasteiger partial charge is 0.0960 e. The Kier molecular flexibility index (Phi) is 3.38. The number of aromatic nitrogens is 1. The van der Waals surface area contributed by atoms with Crippen LogP contribution in [0.25, 0.3) is 0 Å². The number of nitrogens with zero attached hydrogens (tertiary/aromatic N) is 2. The van der Waals surface area contributed by atoms with Crippen molar-refractivity contribution in [2.75, 3.05) is 20.1 Å². The van der Waals surface area contributed by atoms with Crippen molar-refractivity contribution in [2.24, 2.45) is 5.73 Å². The highest BCUT2D eigenvalue weighted by molar-refractivity contribution is 7.09. The minimum absolute atomic E-state index is 0.0706. The van der Waals surface area contributed by atoms with Crippen LogP contribution in [0, 0.1) is 0 Å². The number of likely N-dealkylation sites (tertiary alicyclic amines) is 1. The fourth-order valence-corrected chi connectivity index (χ4v) is 3.05. The van der Waals surface area contributed by atoms with Crippen LogP contribution in [0.4, 0.5) is 0 Å². The number of thiazole rings is 1. The Morgan fingerprint density at radius 2 is 2.20 bits per heavy atom. The standard InChI is InChI=1S/C11H19N3S/c1-8(12)10-7-15-11(13-10)9-3-5-14(2)6-4-9/h7-9H,3-6,12H2,1-2H3. The van der Waals surface area contributed by atoms with Crippen molar-refractivity contribution in [1.82, 2.24) is 9.88 Å². The first-order valence-electron chi connectivity index (χ1n) is 5.56. The maximum atomic E-state index is 5.81. The van der Waals surface area contributed by atoms with Gasteiger partial charge in [0.15, 0.2) is 0 Å². The molecular formula is C11H19N3S. The lowest BCUT2D eigenvalue weighted by Gasteiger charge is -2.27. The molecule has 0 spiro atoms. The molecule has 0 radical (unpaired) electrons. The second-order valence-electron chi connectivity index (χ2n) is 4.48. The SMILES string of the molecule is CC(N)c1csc(C2CCN(C)CC2)n1. The number of hydrogen-bond acceptors (Lipinski definition) is 4. The van der Waals surface area contributed by atoms with Gasteiger partial charge in [-0.15, -0.1) is 11.3 Å². The Labute approximate surface area is 95.3 Å². The number of piperidine rings is 1. The molecule has 0 aliphatic carbocycles. The molecule has 0 amide bonds. The Balaban J connectivity index is 2.03. The van der Waals surface area contributed by atoms with Gasteiger partial charge in [-0.3, -0.25) is 0 Å². The highest BCUT2D eigenvalue weighted by atomic mass is 32.1. The summed E-state index contributed by atoms with van der Waals surface area (Å²) in [6.45, 7) is 4.38. The number of hydrogen-bond donors (Lipinski definition) is 1. The average Bonchev–Trinajstić information content (AvgIpc) is 2.68. The number of rotatable bonds is 2. The van der Waals surface area contributed by atoms with E-state index in [9.17, 15) is 0 Å². The monoisotopic (exact) mass is 225 g/mol. The van der Waals surface area contributed by atoms with Crippen molar-refractivity contribution < 1.29 is 0 Å². The maximum Gasteiger partial charge on any atom is 0.0960 e. The van der Waals surface area contributed by atoms with Crippen LogP contribution in [0.15, 0.2) is 5.38 Å². The molecule has 1 aromatic heterocycles.